The Hall–Kier alpha value is -1.99. The maximum absolute atomic E-state index is 10.7. The lowest BCUT2D eigenvalue weighted by Crippen LogP contribution is -2.49. The number of piperazine rings is 1. The second-order valence-electron chi connectivity index (χ2n) is 7.68. The van der Waals surface area contributed by atoms with Crippen molar-refractivity contribution in [3.63, 3.8) is 0 Å². The van der Waals surface area contributed by atoms with Gasteiger partial charge in [-0.1, -0.05) is 0 Å². The second kappa shape index (κ2) is 12.2. The molecular weight excluding hydrogens is 509 g/mol. The van der Waals surface area contributed by atoms with Gasteiger partial charge in [0.15, 0.2) is 5.96 Å². The van der Waals surface area contributed by atoms with E-state index in [1.165, 1.54) is 0 Å². The highest BCUT2D eigenvalue weighted by Crippen LogP contribution is 2.19. The Morgan fingerprint density at radius 3 is 2.52 bits per heavy atom. The fraction of sp³-hybridized carbons (Fsp3) is 0.600. The van der Waals surface area contributed by atoms with Gasteiger partial charge in [-0.15, -0.1) is 24.0 Å². The molecule has 11 heteroatoms. The number of nitrogens with zero attached hydrogens (tertiary/aromatic N) is 7. The lowest BCUT2D eigenvalue weighted by atomic mass is 10.0. The molecule has 0 radical (unpaired) electrons. The van der Waals surface area contributed by atoms with Gasteiger partial charge < -0.3 is 20.6 Å². The highest BCUT2D eigenvalue weighted by atomic mass is 127. The number of rotatable bonds is 8. The van der Waals surface area contributed by atoms with Crippen LogP contribution in [0, 0.1) is 0 Å². The van der Waals surface area contributed by atoms with Crippen molar-refractivity contribution in [3.05, 3.63) is 36.4 Å². The molecule has 1 unspecified atom stereocenters. The molecule has 0 aliphatic carbocycles. The minimum atomic E-state index is -1.06. The number of anilines is 1. The summed E-state index contributed by atoms with van der Waals surface area (Å²) >= 11 is 0. The summed E-state index contributed by atoms with van der Waals surface area (Å²) in [5.74, 6) is 1.51. The largest absolute Gasteiger partial charge is 0.383 e. The summed E-state index contributed by atoms with van der Waals surface area (Å²) in [4.78, 5) is 17.9. The number of aryl methyl sites for hydroxylation is 1. The number of aliphatic imine (C=N–C) groups is 1. The molecular formula is C20H34IN9O. The second-order valence-corrected chi connectivity index (χ2v) is 7.68. The molecule has 0 bridgehead atoms. The number of aromatic nitrogens is 4. The summed E-state index contributed by atoms with van der Waals surface area (Å²) in [5, 5.41) is 21.5. The van der Waals surface area contributed by atoms with Gasteiger partial charge in [-0.05, 0) is 19.9 Å². The highest BCUT2D eigenvalue weighted by Gasteiger charge is 2.24. The van der Waals surface area contributed by atoms with E-state index in [0.29, 0.717) is 5.96 Å². The third-order valence-corrected chi connectivity index (χ3v) is 5.14. The molecule has 3 rings (SSSR count). The number of hydrogen-bond donors (Lipinski definition) is 3. The van der Waals surface area contributed by atoms with Crippen LogP contribution in [0.3, 0.4) is 0 Å². The van der Waals surface area contributed by atoms with Crippen molar-refractivity contribution >= 4 is 35.9 Å². The van der Waals surface area contributed by atoms with Gasteiger partial charge in [-0.2, -0.15) is 5.10 Å². The zero-order chi connectivity index (χ0) is 21.4. The Kier molecular flexibility index (Phi) is 9.91. The van der Waals surface area contributed by atoms with E-state index in [0.717, 1.165) is 57.3 Å². The maximum atomic E-state index is 10.7. The molecule has 31 heavy (non-hydrogen) atoms. The van der Waals surface area contributed by atoms with Gasteiger partial charge in [-0.3, -0.25) is 9.58 Å². The SMILES string of the molecule is CCNC(=NCC(C)(O)c1cnn(C)c1)NCCN1CCN(c2ncccn2)CC1.I. The predicted octanol–water partition coefficient (Wildman–Crippen LogP) is 0.413. The monoisotopic (exact) mass is 543 g/mol. The van der Waals surface area contributed by atoms with Gasteiger partial charge in [0.05, 0.1) is 12.7 Å². The summed E-state index contributed by atoms with van der Waals surface area (Å²) in [5.41, 5.74) is -0.309. The number of nitrogens with one attached hydrogen (secondary N) is 2. The van der Waals surface area contributed by atoms with Crippen molar-refractivity contribution in [2.75, 3.05) is 57.3 Å². The van der Waals surface area contributed by atoms with Crippen LogP contribution < -0.4 is 15.5 Å². The molecule has 3 N–H and O–H groups in total. The van der Waals surface area contributed by atoms with Crippen molar-refractivity contribution in [2.24, 2.45) is 12.0 Å². The van der Waals surface area contributed by atoms with Crippen LogP contribution in [-0.4, -0.2) is 88.1 Å². The van der Waals surface area contributed by atoms with Crippen LogP contribution in [0.4, 0.5) is 5.95 Å². The lowest BCUT2D eigenvalue weighted by molar-refractivity contribution is 0.0671. The van der Waals surface area contributed by atoms with Crippen LogP contribution in [0.2, 0.25) is 0 Å². The average molecular weight is 543 g/mol. The molecule has 172 valence electrons. The number of aliphatic hydroxyl groups is 1. The molecule has 10 nitrogen and oxygen atoms in total. The Balaban J connectivity index is 0.00000341. The summed E-state index contributed by atoms with van der Waals surface area (Å²) in [7, 11) is 1.83. The maximum Gasteiger partial charge on any atom is 0.225 e. The van der Waals surface area contributed by atoms with Crippen LogP contribution in [0.1, 0.15) is 19.4 Å². The van der Waals surface area contributed by atoms with Crippen LogP contribution in [0.25, 0.3) is 0 Å². The molecule has 1 aliphatic rings. The van der Waals surface area contributed by atoms with Crippen molar-refractivity contribution in [1.29, 1.82) is 0 Å². The van der Waals surface area contributed by atoms with Crippen molar-refractivity contribution in [1.82, 2.24) is 35.3 Å². The summed E-state index contributed by atoms with van der Waals surface area (Å²) in [6.45, 7) is 10.3. The van der Waals surface area contributed by atoms with Crippen molar-refractivity contribution < 1.29 is 5.11 Å². The molecule has 1 atom stereocenters. The van der Waals surface area contributed by atoms with Crippen LogP contribution in [0.15, 0.2) is 35.8 Å². The normalized spacial score (nSPS) is 17.0. The summed E-state index contributed by atoms with van der Waals surface area (Å²) in [6.07, 6.45) is 7.06. The Labute approximate surface area is 201 Å². The third kappa shape index (κ3) is 7.58. The van der Waals surface area contributed by atoms with E-state index in [9.17, 15) is 5.11 Å². The minimum absolute atomic E-state index is 0. The molecule has 0 aromatic carbocycles. The topological polar surface area (TPSA) is 107 Å². The smallest absolute Gasteiger partial charge is 0.225 e. The Morgan fingerprint density at radius 1 is 1.19 bits per heavy atom. The van der Waals surface area contributed by atoms with E-state index >= 15 is 0 Å². The first-order valence-electron chi connectivity index (χ1n) is 10.5. The number of halogens is 1. The van der Waals surface area contributed by atoms with Gasteiger partial charge in [0.25, 0.3) is 0 Å². The van der Waals surface area contributed by atoms with E-state index in [1.807, 2.05) is 26.2 Å². The van der Waals surface area contributed by atoms with E-state index in [-0.39, 0.29) is 30.5 Å². The molecule has 0 spiro atoms. The first-order chi connectivity index (χ1) is 14.5. The van der Waals surface area contributed by atoms with Gasteiger partial charge >= 0.3 is 0 Å². The van der Waals surface area contributed by atoms with Crippen LogP contribution in [0.5, 0.6) is 0 Å². The van der Waals surface area contributed by atoms with E-state index < -0.39 is 5.60 Å². The van der Waals surface area contributed by atoms with Gasteiger partial charge in [0, 0.05) is 77.0 Å². The van der Waals surface area contributed by atoms with E-state index in [1.54, 1.807) is 30.2 Å². The molecule has 1 aliphatic heterocycles. The van der Waals surface area contributed by atoms with E-state index in [2.05, 4.69) is 40.5 Å². The van der Waals surface area contributed by atoms with Crippen molar-refractivity contribution in [3.8, 4) is 0 Å². The van der Waals surface area contributed by atoms with Gasteiger partial charge in [0.1, 0.15) is 5.60 Å². The summed E-state index contributed by atoms with van der Waals surface area (Å²) < 4.78 is 1.68. The van der Waals surface area contributed by atoms with Crippen LogP contribution in [-0.2, 0) is 12.6 Å². The quantitative estimate of drug-likeness (QED) is 0.250. The fourth-order valence-corrected chi connectivity index (χ4v) is 3.32. The lowest BCUT2D eigenvalue weighted by Gasteiger charge is -2.34. The third-order valence-electron chi connectivity index (χ3n) is 5.14. The first kappa shape index (κ1) is 25.3. The molecule has 2 aromatic rings. The van der Waals surface area contributed by atoms with Crippen LogP contribution >= 0.6 is 24.0 Å². The molecule has 1 fully saturated rings. The molecule has 0 amide bonds. The van der Waals surface area contributed by atoms with Crippen molar-refractivity contribution in [2.45, 2.75) is 19.4 Å². The highest BCUT2D eigenvalue weighted by molar-refractivity contribution is 14.0. The fourth-order valence-electron chi connectivity index (χ4n) is 3.32. The Morgan fingerprint density at radius 2 is 1.90 bits per heavy atom. The standard InChI is InChI=1S/C20H33N9O.HI/c1-4-21-18(25-16-20(2,30)17-14-26-27(3)15-17)22-8-9-28-10-12-29(13-11-28)19-23-6-5-7-24-19;/h5-7,14-15,30H,4,8-13,16H2,1-3H3,(H2,21,22,25);1H. The number of hydrogen-bond acceptors (Lipinski definition) is 7. The minimum Gasteiger partial charge on any atom is -0.383 e. The molecule has 2 aromatic heterocycles. The summed E-state index contributed by atoms with van der Waals surface area (Å²) in [6, 6.07) is 1.84. The van der Waals surface area contributed by atoms with E-state index in [4.69, 9.17) is 0 Å². The number of guanidine groups is 1. The Bertz CT molecular complexity index is 804. The van der Waals surface area contributed by atoms with Gasteiger partial charge in [-0.25, -0.2) is 15.0 Å². The first-order valence-corrected chi connectivity index (χ1v) is 10.5. The molecule has 1 saturated heterocycles. The zero-order valence-corrected chi connectivity index (χ0v) is 20.9. The average Bonchev–Trinajstić information content (AvgIpc) is 3.20. The predicted molar refractivity (Wildman–Crippen MR) is 133 cm³/mol. The molecule has 3 heterocycles. The zero-order valence-electron chi connectivity index (χ0n) is 18.5. The van der Waals surface area contributed by atoms with Gasteiger partial charge in [0.2, 0.25) is 5.95 Å². The molecule has 0 saturated carbocycles.